The van der Waals surface area contributed by atoms with Crippen molar-refractivity contribution in [2.45, 2.75) is 12.3 Å². The van der Waals surface area contributed by atoms with Crippen molar-refractivity contribution in [1.82, 2.24) is 14.8 Å². The van der Waals surface area contributed by atoms with Gasteiger partial charge in [-0.15, -0.1) is 0 Å². The number of nitrogens with zero attached hydrogens (tertiary/aromatic N) is 3. The fourth-order valence-corrected chi connectivity index (χ4v) is 5.72. The number of hydrogen-bond donors (Lipinski definition) is 3. The molecule has 2 aliphatic rings. The van der Waals surface area contributed by atoms with Crippen molar-refractivity contribution in [3.63, 3.8) is 0 Å². The van der Waals surface area contributed by atoms with E-state index in [1.54, 1.807) is 0 Å². The minimum atomic E-state index is -1.34. The smallest absolute Gasteiger partial charge is 0.245 e. The van der Waals surface area contributed by atoms with Gasteiger partial charge in [-0.1, -0.05) is 54.6 Å². The number of nitriles is 1. The van der Waals surface area contributed by atoms with Crippen molar-refractivity contribution in [1.29, 1.82) is 5.26 Å². The molecule has 0 radical (unpaired) electrons. The SMILES string of the molecule is Cc1nn(-c2ccccc2)c2c1C1(C(=O)Nc3ccccc31)C(C#N)=C(c1c[nH]c3ccccc13)N2. The summed E-state index contributed by atoms with van der Waals surface area (Å²) < 4.78 is 1.82. The number of amides is 1. The maximum Gasteiger partial charge on any atom is 0.245 e. The van der Waals surface area contributed by atoms with Gasteiger partial charge in [0.25, 0.3) is 0 Å². The Balaban J connectivity index is 1.63. The number of fused-ring (bicyclic) bond motifs is 5. The van der Waals surface area contributed by atoms with Gasteiger partial charge in [0.1, 0.15) is 11.2 Å². The number of anilines is 2. The highest BCUT2D eigenvalue weighted by atomic mass is 16.2. The van der Waals surface area contributed by atoms with Crippen LogP contribution in [0.2, 0.25) is 0 Å². The number of nitrogens with one attached hydrogen (secondary N) is 3. The average molecular weight is 469 g/mol. The Morgan fingerprint density at radius 3 is 2.53 bits per heavy atom. The molecule has 172 valence electrons. The van der Waals surface area contributed by atoms with Crippen LogP contribution in [0.5, 0.6) is 0 Å². The topological polar surface area (TPSA) is 98.5 Å². The highest BCUT2D eigenvalue weighted by Gasteiger charge is 2.57. The number of para-hydroxylation sites is 3. The van der Waals surface area contributed by atoms with E-state index >= 15 is 0 Å². The lowest BCUT2D eigenvalue weighted by atomic mass is 9.67. The van der Waals surface area contributed by atoms with E-state index in [2.05, 4.69) is 21.7 Å². The molecule has 7 rings (SSSR count). The standard InChI is InChI=1S/C29H20N6O/c1-17-25-27(35(34-17)18-9-3-2-4-10-18)33-26(20-16-31-23-13-7-5-11-19(20)23)22(15-30)29(25)21-12-6-8-14-24(21)32-28(29)36/h2-14,16,31,33H,1H3,(H,32,36). The summed E-state index contributed by atoms with van der Waals surface area (Å²) in [4.78, 5) is 17.4. The van der Waals surface area contributed by atoms with Gasteiger partial charge in [0.05, 0.1) is 28.7 Å². The van der Waals surface area contributed by atoms with Crippen LogP contribution in [0.1, 0.15) is 22.4 Å². The Morgan fingerprint density at radius 1 is 0.944 bits per heavy atom. The van der Waals surface area contributed by atoms with Crippen molar-refractivity contribution in [3.8, 4) is 11.8 Å². The van der Waals surface area contributed by atoms with Crippen LogP contribution < -0.4 is 10.6 Å². The Labute approximate surface area is 206 Å². The van der Waals surface area contributed by atoms with E-state index in [4.69, 9.17) is 5.10 Å². The Kier molecular flexibility index (Phi) is 4.06. The third-order valence-corrected chi connectivity index (χ3v) is 7.19. The van der Waals surface area contributed by atoms with Crippen LogP contribution in [-0.2, 0) is 10.2 Å². The number of carbonyl (C=O) groups excluding carboxylic acids is 1. The van der Waals surface area contributed by atoms with E-state index in [1.165, 1.54) is 0 Å². The summed E-state index contributed by atoms with van der Waals surface area (Å²) in [5, 5.41) is 23.1. The summed E-state index contributed by atoms with van der Waals surface area (Å²) >= 11 is 0. The van der Waals surface area contributed by atoms with E-state index < -0.39 is 5.41 Å². The van der Waals surface area contributed by atoms with Gasteiger partial charge >= 0.3 is 0 Å². The largest absolute Gasteiger partial charge is 0.360 e. The number of aromatic amines is 1. The Hall–Kier alpha value is -5.09. The predicted octanol–water partition coefficient (Wildman–Crippen LogP) is 5.26. The summed E-state index contributed by atoms with van der Waals surface area (Å²) in [5.74, 6) is 0.417. The van der Waals surface area contributed by atoms with Gasteiger partial charge in [-0.2, -0.15) is 10.4 Å². The molecule has 3 N–H and O–H groups in total. The summed E-state index contributed by atoms with van der Waals surface area (Å²) in [6.07, 6.45) is 1.89. The normalized spacial score (nSPS) is 18.1. The zero-order valence-corrected chi connectivity index (χ0v) is 19.3. The number of rotatable bonds is 2. The third-order valence-electron chi connectivity index (χ3n) is 7.19. The van der Waals surface area contributed by atoms with E-state index in [9.17, 15) is 10.1 Å². The van der Waals surface area contributed by atoms with Crippen LogP contribution in [0.15, 0.2) is 90.6 Å². The second-order valence-electron chi connectivity index (χ2n) is 9.04. The summed E-state index contributed by atoms with van der Waals surface area (Å²) in [7, 11) is 0. The molecule has 3 aromatic carbocycles. The van der Waals surface area contributed by atoms with Crippen molar-refractivity contribution < 1.29 is 4.79 Å². The quantitative estimate of drug-likeness (QED) is 0.329. The molecule has 0 aliphatic carbocycles. The van der Waals surface area contributed by atoms with Crippen LogP contribution >= 0.6 is 0 Å². The molecule has 1 atom stereocenters. The number of H-pyrrole nitrogens is 1. The molecular weight excluding hydrogens is 448 g/mol. The second kappa shape index (κ2) is 7.20. The maximum atomic E-state index is 14.0. The highest BCUT2D eigenvalue weighted by Crippen LogP contribution is 2.55. The van der Waals surface area contributed by atoms with Crippen LogP contribution in [0.3, 0.4) is 0 Å². The fraction of sp³-hybridized carbons (Fsp3) is 0.0690. The third kappa shape index (κ3) is 2.45. The zero-order valence-electron chi connectivity index (χ0n) is 19.3. The molecule has 1 unspecified atom stereocenters. The first-order valence-corrected chi connectivity index (χ1v) is 11.7. The molecule has 36 heavy (non-hydrogen) atoms. The van der Waals surface area contributed by atoms with Crippen molar-refractivity contribution >= 4 is 34.0 Å². The number of aromatic nitrogens is 3. The number of benzene rings is 3. The van der Waals surface area contributed by atoms with E-state index in [0.717, 1.165) is 27.7 Å². The van der Waals surface area contributed by atoms with Gasteiger partial charge in [0.15, 0.2) is 0 Å². The van der Waals surface area contributed by atoms with Crippen molar-refractivity contribution in [2.75, 3.05) is 10.6 Å². The van der Waals surface area contributed by atoms with E-state index in [1.807, 2.05) is 96.7 Å². The fourth-order valence-electron chi connectivity index (χ4n) is 5.72. The summed E-state index contributed by atoms with van der Waals surface area (Å²) in [6, 6.07) is 27.7. The monoisotopic (exact) mass is 468 g/mol. The number of hydrogen-bond acceptors (Lipinski definition) is 4. The number of aryl methyl sites for hydroxylation is 1. The van der Waals surface area contributed by atoms with Crippen LogP contribution in [0.25, 0.3) is 22.3 Å². The van der Waals surface area contributed by atoms with E-state index in [0.29, 0.717) is 34.0 Å². The molecule has 7 heteroatoms. The lowest BCUT2D eigenvalue weighted by Gasteiger charge is -2.34. The van der Waals surface area contributed by atoms with Crippen LogP contribution in [-0.4, -0.2) is 20.7 Å². The van der Waals surface area contributed by atoms with Crippen molar-refractivity contribution in [3.05, 3.63) is 113 Å². The second-order valence-corrected chi connectivity index (χ2v) is 9.04. The molecule has 0 saturated heterocycles. The molecule has 4 heterocycles. The zero-order chi connectivity index (χ0) is 24.4. The van der Waals surface area contributed by atoms with Gasteiger partial charge in [-0.25, -0.2) is 4.68 Å². The molecule has 0 saturated carbocycles. The van der Waals surface area contributed by atoms with Gasteiger partial charge in [-0.3, -0.25) is 4.79 Å². The molecule has 2 aliphatic heterocycles. The Morgan fingerprint density at radius 2 is 1.69 bits per heavy atom. The first-order valence-electron chi connectivity index (χ1n) is 11.7. The first kappa shape index (κ1) is 20.3. The molecule has 1 spiro atoms. The highest BCUT2D eigenvalue weighted by molar-refractivity contribution is 6.16. The average Bonchev–Trinajstić information content (AvgIpc) is 3.57. The molecule has 0 fully saturated rings. The molecular formula is C29H20N6O. The lowest BCUT2D eigenvalue weighted by Crippen LogP contribution is -2.42. The minimum Gasteiger partial charge on any atom is -0.360 e. The maximum absolute atomic E-state index is 14.0. The molecule has 1 amide bonds. The van der Waals surface area contributed by atoms with Gasteiger partial charge in [0, 0.05) is 39.5 Å². The molecule has 0 bridgehead atoms. The lowest BCUT2D eigenvalue weighted by molar-refractivity contribution is -0.118. The summed E-state index contributed by atoms with van der Waals surface area (Å²) in [6.45, 7) is 1.89. The van der Waals surface area contributed by atoms with E-state index in [-0.39, 0.29) is 5.91 Å². The van der Waals surface area contributed by atoms with Crippen LogP contribution in [0, 0.1) is 18.3 Å². The molecule has 2 aromatic heterocycles. The summed E-state index contributed by atoms with van der Waals surface area (Å²) in [5.41, 5.74) is 5.05. The van der Waals surface area contributed by atoms with Crippen molar-refractivity contribution in [2.24, 2.45) is 0 Å². The predicted molar refractivity (Wildman–Crippen MR) is 139 cm³/mol. The molecule has 7 nitrogen and oxygen atoms in total. The first-order chi connectivity index (χ1) is 17.6. The number of carbonyl (C=O) groups is 1. The van der Waals surface area contributed by atoms with Gasteiger partial charge < -0.3 is 15.6 Å². The van der Waals surface area contributed by atoms with Gasteiger partial charge in [0.2, 0.25) is 5.91 Å². The minimum absolute atomic E-state index is 0.254. The molecule has 5 aromatic rings. The van der Waals surface area contributed by atoms with Gasteiger partial charge in [-0.05, 0) is 31.2 Å². The van der Waals surface area contributed by atoms with Crippen LogP contribution in [0.4, 0.5) is 11.5 Å². The Bertz CT molecular complexity index is 1790.